The lowest BCUT2D eigenvalue weighted by atomic mass is 9.85. The van der Waals surface area contributed by atoms with E-state index in [-0.39, 0.29) is 0 Å². The van der Waals surface area contributed by atoms with Gasteiger partial charge in [-0.05, 0) is 94.3 Å². The molecule has 2 nitrogen and oxygen atoms in total. The van der Waals surface area contributed by atoms with Crippen LogP contribution in [0.5, 0.6) is 0 Å². The minimum atomic E-state index is 0.980. The number of allylic oxidation sites excluding steroid dienone is 1. The molecule has 1 aromatic heterocycles. The zero-order chi connectivity index (χ0) is 28.0. The minimum Gasteiger partial charge on any atom is -0.293 e. The van der Waals surface area contributed by atoms with Crippen LogP contribution in [0.2, 0.25) is 0 Å². The number of hydrogen-bond acceptors (Lipinski definition) is 1. The molecular weight excluding hydrogens is 508 g/mol. The molecule has 2 aliphatic rings. The summed E-state index contributed by atoms with van der Waals surface area (Å²) in [5.41, 5.74) is 11.2. The van der Waals surface area contributed by atoms with Crippen molar-refractivity contribution in [2.45, 2.75) is 32.6 Å². The molecule has 1 heterocycles. The number of imidazole rings is 1. The van der Waals surface area contributed by atoms with Crippen LogP contribution in [0.4, 0.5) is 0 Å². The molecule has 42 heavy (non-hydrogen) atoms. The summed E-state index contributed by atoms with van der Waals surface area (Å²) >= 11 is 0. The van der Waals surface area contributed by atoms with Crippen LogP contribution >= 0.6 is 0 Å². The fourth-order valence-corrected chi connectivity index (χ4v) is 6.82. The van der Waals surface area contributed by atoms with Crippen LogP contribution in [-0.4, -0.2) is 9.55 Å². The molecule has 202 valence electrons. The van der Waals surface area contributed by atoms with Crippen LogP contribution in [0.25, 0.3) is 68.3 Å². The molecule has 5 aromatic carbocycles. The maximum atomic E-state index is 5.13. The van der Waals surface area contributed by atoms with E-state index in [1.54, 1.807) is 0 Å². The van der Waals surface area contributed by atoms with Crippen LogP contribution in [0.15, 0.2) is 109 Å². The van der Waals surface area contributed by atoms with Gasteiger partial charge in [-0.15, -0.1) is 0 Å². The molecule has 2 heteroatoms. The van der Waals surface area contributed by atoms with Crippen molar-refractivity contribution in [1.82, 2.24) is 9.55 Å². The van der Waals surface area contributed by atoms with Gasteiger partial charge in [0.05, 0.1) is 11.4 Å². The van der Waals surface area contributed by atoms with E-state index in [1.807, 2.05) is 0 Å². The normalized spacial score (nSPS) is 13.7. The Morgan fingerprint density at radius 3 is 1.98 bits per heavy atom. The highest BCUT2D eigenvalue weighted by Crippen LogP contribution is 2.35. The van der Waals surface area contributed by atoms with E-state index in [9.17, 15) is 0 Å². The standard InChI is InChI=1S/C40H32N2/c1-27-20-25-34-35(26-27)39(33-17-9-8-16-32(33)38(34)28-12-4-2-5-13-28)29-21-23-31(24-22-29)42-37-19-11-10-18-36(37)41-40(42)30-14-6-3-7-15-30/h2-7,11-17,19-26H,8-10,18H2,1H3. The van der Waals surface area contributed by atoms with Crippen LogP contribution in [0, 0.1) is 6.92 Å². The molecule has 0 saturated carbocycles. The van der Waals surface area contributed by atoms with E-state index in [4.69, 9.17) is 4.98 Å². The average Bonchev–Trinajstić information content (AvgIpc) is 3.44. The Bertz CT molecular complexity index is 2110. The van der Waals surface area contributed by atoms with Crippen molar-refractivity contribution in [1.29, 1.82) is 0 Å². The lowest BCUT2D eigenvalue weighted by Crippen LogP contribution is -2.31. The van der Waals surface area contributed by atoms with Crippen molar-refractivity contribution >= 4 is 29.0 Å². The Balaban J connectivity index is 1.35. The number of aryl methyl sites for hydroxylation is 2. The van der Waals surface area contributed by atoms with Gasteiger partial charge in [0.15, 0.2) is 0 Å². The van der Waals surface area contributed by atoms with Crippen molar-refractivity contribution in [2.75, 3.05) is 0 Å². The van der Waals surface area contributed by atoms with E-state index in [0.29, 0.717) is 0 Å². The van der Waals surface area contributed by atoms with E-state index < -0.39 is 0 Å². The van der Waals surface area contributed by atoms with Gasteiger partial charge in [-0.2, -0.15) is 0 Å². The summed E-state index contributed by atoms with van der Waals surface area (Å²) in [7, 11) is 0. The van der Waals surface area contributed by atoms with Gasteiger partial charge >= 0.3 is 0 Å². The fourth-order valence-electron chi connectivity index (χ4n) is 6.82. The van der Waals surface area contributed by atoms with Gasteiger partial charge in [-0.25, -0.2) is 4.98 Å². The fraction of sp³-hybridized carbons (Fsp3) is 0.125. The molecule has 6 aromatic rings. The quantitative estimate of drug-likeness (QED) is 0.219. The molecule has 0 N–H and O–H groups in total. The Hall–Kier alpha value is -4.95. The van der Waals surface area contributed by atoms with Gasteiger partial charge in [-0.1, -0.05) is 115 Å². The van der Waals surface area contributed by atoms with Gasteiger partial charge in [0.2, 0.25) is 0 Å². The SMILES string of the molecule is Cc1ccc2c(-c3ccccc3)c3c(c(-c4ccc(-n5c(-c6ccccc6)nc6c5C=CCC6)cc4)c2c1)=CCCC=3. The topological polar surface area (TPSA) is 17.8 Å². The first-order valence-electron chi connectivity index (χ1n) is 15.0. The maximum Gasteiger partial charge on any atom is 0.145 e. The molecule has 0 bridgehead atoms. The number of benzene rings is 5. The molecular formula is C40H32N2. The smallest absolute Gasteiger partial charge is 0.145 e. The molecule has 0 radical (unpaired) electrons. The summed E-state index contributed by atoms with van der Waals surface area (Å²) in [6.07, 6.45) is 13.6. The number of nitrogens with zero attached hydrogens (tertiary/aromatic N) is 2. The third-order valence-electron chi connectivity index (χ3n) is 8.73. The Morgan fingerprint density at radius 2 is 1.26 bits per heavy atom. The second-order valence-electron chi connectivity index (χ2n) is 11.4. The summed E-state index contributed by atoms with van der Waals surface area (Å²) in [5, 5.41) is 5.36. The highest BCUT2D eigenvalue weighted by Gasteiger charge is 2.21. The number of fused-ring (bicyclic) bond motifs is 3. The first-order valence-corrected chi connectivity index (χ1v) is 15.0. The molecule has 2 aliphatic carbocycles. The van der Waals surface area contributed by atoms with E-state index >= 15 is 0 Å². The molecule has 0 aliphatic heterocycles. The Kier molecular flexibility index (Phi) is 6.00. The zero-order valence-corrected chi connectivity index (χ0v) is 23.8. The van der Waals surface area contributed by atoms with E-state index in [1.165, 1.54) is 60.4 Å². The summed E-state index contributed by atoms with van der Waals surface area (Å²) < 4.78 is 2.33. The van der Waals surface area contributed by atoms with Crippen LogP contribution in [0.1, 0.15) is 36.2 Å². The average molecular weight is 541 g/mol. The van der Waals surface area contributed by atoms with Gasteiger partial charge < -0.3 is 0 Å². The lowest BCUT2D eigenvalue weighted by molar-refractivity contribution is 0.936. The number of aromatic nitrogens is 2. The van der Waals surface area contributed by atoms with Gasteiger partial charge in [0, 0.05) is 11.3 Å². The summed E-state index contributed by atoms with van der Waals surface area (Å²) in [6, 6.07) is 37.6. The lowest BCUT2D eigenvalue weighted by Gasteiger charge is -2.19. The highest BCUT2D eigenvalue weighted by molar-refractivity contribution is 6.06. The van der Waals surface area contributed by atoms with Gasteiger partial charge in [-0.3, -0.25) is 4.57 Å². The Labute approximate surface area is 246 Å². The van der Waals surface area contributed by atoms with Crippen LogP contribution in [0.3, 0.4) is 0 Å². The summed E-state index contributed by atoms with van der Waals surface area (Å²) in [5.74, 6) is 1.01. The molecule has 8 rings (SSSR count). The predicted molar refractivity (Wildman–Crippen MR) is 177 cm³/mol. The minimum absolute atomic E-state index is 0.980. The van der Waals surface area contributed by atoms with Crippen molar-refractivity contribution in [2.24, 2.45) is 0 Å². The third-order valence-corrected chi connectivity index (χ3v) is 8.73. The largest absolute Gasteiger partial charge is 0.293 e. The van der Waals surface area contributed by atoms with E-state index in [2.05, 4.69) is 139 Å². The maximum absolute atomic E-state index is 5.13. The van der Waals surface area contributed by atoms with Crippen LogP contribution < -0.4 is 10.4 Å². The predicted octanol–water partition coefficient (Wildman–Crippen LogP) is 8.65. The Morgan fingerprint density at radius 1 is 0.619 bits per heavy atom. The van der Waals surface area contributed by atoms with Crippen molar-refractivity contribution in [3.05, 3.63) is 137 Å². The first kappa shape index (κ1) is 24.8. The zero-order valence-electron chi connectivity index (χ0n) is 23.8. The monoisotopic (exact) mass is 540 g/mol. The second-order valence-corrected chi connectivity index (χ2v) is 11.4. The highest BCUT2D eigenvalue weighted by atomic mass is 15.1. The van der Waals surface area contributed by atoms with Crippen LogP contribution in [-0.2, 0) is 6.42 Å². The third kappa shape index (κ3) is 4.06. The van der Waals surface area contributed by atoms with Crippen molar-refractivity contribution in [3.8, 4) is 39.3 Å². The molecule has 0 spiro atoms. The molecule has 0 amide bonds. The molecule has 0 saturated heterocycles. The molecule has 0 unspecified atom stereocenters. The van der Waals surface area contributed by atoms with Gasteiger partial charge in [0.25, 0.3) is 0 Å². The van der Waals surface area contributed by atoms with Gasteiger partial charge in [0.1, 0.15) is 5.82 Å². The number of hydrogen-bond donors (Lipinski definition) is 0. The summed E-state index contributed by atoms with van der Waals surface area (Å²) in [6.45, 7) is 2.20. The second kappa shape index (κ2) is 10.2. The first-order chi connectivity index (χ1) is 20.8. The van der Waals surface area contributed by atoms with E-state index in [0.717, 1.165) is 42.8 Å². The molecule has 0 atom stereocenters. The number of rotatable bonds is 4. The van der Waals surface area contributed by atoms with Crippen molar-refractivity contribution < 1.29 is 0 Å². The van der Waals surface area contributed by atoms with Crippen molar-refractivity contribution in [3.63, 3.8) is 0 Å². The summed E-state index contributed by atoms with van der Waals surface area (Å²) in [4.78, 5) is 5.13. The molecule has 0 fully saturated rings.